The van der Waals surface area contributed by atoms with Crippen LogP contribution in [0.15, 0.2) is 12.3 Å². The molecule has 0 aliphatic carbocycles. The van der Waals surface area contributed by atoms with Crippen molar-refractivity contribution in [3.05, 3.63) is 18.0 Å². The fourth-order valence-corrected chi connectivity index (χ4v) is 2.37. The van der Waals surface area contributed by atoms with E-state index in [4.69, 9.17) is 0 Å². The van der Waals surface area contributed by atoms with Crippen LogP contribution in [0.25, 0.3) is 0 Å². The molecule has 2 rings (SSSR count). The second kappa shape index (κ2) is 6.39. The summed E-state index contributed by atoms with van der Waals surface area (Å²) in [4.78, 5) is 9.82. The number of alkyl halides is 3. The Morgan fingerprint density at radius 1 is 1.35 bits per heavy atom. The van der Waals surface area contributed by atoms with Crippen LogP contribution in [0.2, 0.25) is 0 Å². The third-order valence-corrected chi connectivity index (χ3v) is 3.45. The number of piperidine rings is 1. The second-order valence-electron chi connectivity index (χ2n) is 5.24. The van der Waals surface area contributed by atoms with Crippen LogP contribution in [-0.2, 0) is 0 Å². The van der Waals surface area contributed by atoms with Gasteiger partial charge in [-0.1, -0.05) is 0 Å². The first kappa shape index (κ1) is 15.0. The van der Waals surface area contributed by atoms with Gasteiger partial charge in [0, 0.05) is 18.4 Å². The van der Waals surface area contributed by atoms with Gasteiger partial charge in [0.15, 0.2) is 0 Å². The Hall–Kier alpha value is -1.37. The lowest BCUT2D eigenvalue weighted by atomic mass is 9.97. The molecular formula is C13H19F3N4. The van der Waals surface area contributed by atoms with Gasteiger partial charge in [0.2, 0.25) is 5.95 Å². The minimum Gasteiger partial charge on any atom is -0.354 e. The van der Waals surface area contributed by atoms with E-state index in [-0.39, 0.29) is 0 Å². The van der Waals surface area contributed by atoms with Gasteiger partial charge < -0.3 is 5.32 Å². The molecule has 112 valence electrons. The van der Waals surface area contributed by atoms with E-state index >= 15 is 0 Å². The summed E-state index contributed by atoms with van der Waals surface area (Å²) < 4.78 is 36.8. The van der Waals surface area contributed by atoms with Gasteiger partial charge in [-0.2, -0.15) is 13.2 Å². The smallest absolute Gasteiger partial charge is 0.354 e. The molecule has 1 aromatic rings. The topological polar surface area (TPSA) is 41.1 Å². The number of likely N-dealkylation sites (tertiary alicyclic amines) is 1. The van der Waals surface area contributed by atoms with Crippen LogP contribution in [0.1, 0.15) is 18.5 Å². The molecule has 0 atom stereocenters. The Morgan fingerprint density at radius 2 is 2.05 bits per heavy atom. The highest BCUT2D eigenvalue weighted by Gasteiger charge is 2.32. The Kier molecular flexibility index (Phi) is 4.80. The maximum atomic E-state index is 12.3. The number of hydrogen-bond acceptors (Lipinski definition) is 4. The average Bonchev–Trinajstić information content (AvgIpc) is 2.36. The lowest BCUT2D eigenvalue weighted by Gasteiger charge is -2.32. The maximum absolute atomic E-state index is 12.3. The van der Waals surface area contributed by atoms with Crippen LogP contribution >= 0.6 is 0 Å². The van der Waals surface area contributed by atoms with Crippen molar-refractivity contribution in [2.75, 3.05) is 31.5 Å². The molecule has 1 aliphatic rings. The number of nitrogens with zero attached hydrogens (tertiary/aromatic N) is 3. The normalized spacial score (nSPS) is 18.2. The quantitative estimate of drug-likeness (QED) is 0.924. The van der Waals surface area contributed by atoms with Crippen LogP contribution in [-0.4, -0.2) is 47.2 Å². The van der Waals surface area contributed by atoms with Crippen LogP contribution in [0.5, 0.6) is 0 Å². The number of halogens is 3. The maximum Gasteiger partial charge on any atom is 0.401 e. The van der Waals surface area contributed by atoms with Crippen LogP contribution < -0.4 is 5.32 Å². The fraction of sp³-hybridized carbons (Fsp3) is 0.692. The molecule has 0 bridgehead atoms. The summed E-state index contributed by atoms with van der Waals surface area (Å²) in [7, 11) is 0. The van der Waals surface area contributed by atoms with Gasteiger partial charge in [-0.25, -0.2) is 9.97 Å². The fourth-order valence-electron chi connectivity index (χ4n) is 2.37. The van der Waals surface area contributed by atoms with E-state index in [9.17, 15) is 13.2 Å². The summed E-state index contributed by atoms with van der Waals surface area (Å²) in [6.07, 6.45) is -0.860. The van der Waals surface area contributed by atoms with E-state index in [1.54, 1.807) is 6.20 Å². The summed E-state index contributed by atoms with van der Waals surface area (Å²) in [6, 6.07) is 1.82. The predicted octanol–water partition coefficient (Wildman–Crippen LogP) is 2.47. The minimum atomic E-state index is -4.10. The molecule has 2 heterocycles. The van der Waals surface area contributed by atoms with Crippen molar-refractivity contribution >= 4 is 5.95 Å². The molecule has 1 fully saturated rings. The number of anilines is 1. The van der Waals surface area contributed by atoms with E-state index in [1.165, 1.54) is 4.90 Å². The third kappa shape index (κ3) is 4.96. The standard InChI is InChI=1S/C13H19F3N4/c1-10-2-5-17-12(19-10)18-8-11-3-6-20(7-4-11)9-13(14,15)16/h2,5,11H,3-4,6-9H2,1H3,(H,17,18,19). The number of aryl methyl sites for hydroxylation is 1. The van der Waals surface area contributed by atoms with Crippen molar-refractivity contribution in [2.45, 2.75) is 25.9 Å². The molecule has 1 aromatic heterocycles. The molecule has 7 heteroatoms. The summed E-state index contributed by atoms with van der Waals surface area (Å²) in [5, 5.41) is 3.16. The molecule has 0 unspecified atom stereocenters. The predicted molar refractivity (Wildman–Crippen MR) is 70.5 cm³/mol. The SMILES string of the molecule is Cc1ccnc(NCC2CCN(CC(F)(F)F)CC2)n1. The molecule has 20 heavy (non-hydrogen) atoms. The number of nitrogens with one attached hydrogen (secondary N) is 1. The Labute approximate surface area is 116 Å². The Bertz CT molecular complexity index is 428. The van der Waals surface area contributed by atoms with E-state index < -0.39 is 12.7 Å². The highest BCUT2D eigenvalue weighted by molar-refractivity contribution is 5.24. The summed E-state index contributed by atoms with van der Waals surface area (Å²) in [6.45, 7) is 2.81. The highest BCUT2D eigenvalue weighted by Crippen LogP contribution is 2.22. The van der Waals surface area contributed by atoms with Crippen molar-refractivity contribution in [1.82, 2.24) is 14.9 Å². The summed E-state index contributed by atoms with van der Waals surface area (Å²) in [5.74, 6) is 0.964. The first-order valence-electron chi connectivity index (χ1n) is 6.75. The van der Waals surface area contributed by atoms with Gasteiger partial charge in [-0.05, 0) is 44.8 Å². The zero-order valence-electron chi connectivity index (χ0n) is 11.5. The number of aromatic nitrogens is 2. The van der Waals surface area contributed by atoms with Crippen molar-refractivity contribution in [2.24, 2.45) is 5.92 Å². The molecule has 0 radical (unpaired) electrons. The molecule has 0 amide bonds. The zero-order chi connectivity index (χ0) is 14.6. The number of hydrogen-bond donors (Lipinski definition) is 1. The van der Waals surface area contributed by atoms with Crippen LogP contribution in [0.3, 0.4) is 0 Å². The number of rotatable bonds is 4. The molecular weight excluding hydrogens is 269 g/mol. The van der Waals surface area contributed by atoms with Crippen molar-refractivity contribution in [3.8, 4) is 0 Å². The molecule has 1 aliphatic heterocycles. The average molecular weight is 288 g/mol. The van der Waals surface area contributed by atoms with Crippen LogP contribution in [0.4, 0.5) is 19.1 Å². The molecule has 1 saturated heterocycles. The van der Waals surface area contributed by atoms with E-state index in [0.717, 1.165) is 18.5 Å². The van der Waals surface area contributed by atoms with E-state index in [0.29, 0.717) is 31.5 Å². The molecule has 1 N–H and O–H groups in total. The Morgan fingerprint density at radius 3 is 2.65 bits per heavy atom. The molecule has 0 spiro atoms. The lowest BCUT2D eigenvalue weighted by molar-refractivity contribution is -0.148. The minimum absolute atomic E-state index is 0.378. The Balaban J connectivity index is 1.72. The monoisotopic (exact) mass is 288 g/mol. The van der Waals surface area contributed by atoms with Gasteiger partial charge in [0.05, 0.1) is 6.54 Å². The van der Waals surface area contributed by atoms with Crippen molar-refractivity contribution in [1.29, 1.82) is 0 Å². The summed E-state index contributed by atoms with van der Waals surface area (Å²) >= 11 is 0. The molecule has 0 saturated carbocycles. The van der Waals surface area contributed by atoms with Crippen molar-refractivity contribution < 1.29 is 13.2 Å². The lowest BCUT2D eigenvalue weighted by Crippen LogP contribution is -2.41. The van der Waals surface area contributed by atoms with Gasteiger partial charge in [0.1, 0.15) is 0 Å². The van der Waals surface area contributed by atoms with Crippen LogP contribution in [0, 0.1) is 12.8 Å². The van der Waals surface area contributed by atoms with Crippen molar-refractivity contribution in [3.63, 3.8) is 0 Å². The molecule has 0 aromatic carbocycles. The van der Waals surface area contributed by atoms with Gasteiger partial charge in [0.25, 0.3) is 0 Å². The first-order valence-corrected chi connectivity index (χ1v) is 6.75. The van der Waals surface area contributed by atoms with Gasteiger partial charge >= 0.3 is 6.18 Å². The van der Waals surface area contributed by atoms with E-state index in [1.807, 2.05) is 13.0 Å². The zero-order valence-corrected chi connectivity index (χ0v) is 11.5. The molecule has 4 nitrogen and oxygen atoms in total. The van der Waals surface area contributed by atoms with E-state index in [2.05, 4.69) is 15.3 Å². The third-order valence-electron chi connectivity index (χ3n) is 3.45. The highest BCUT2D eigenvalue weighted by atomic mass is 19.4. The second-order valence-corrected chi connectivity index (χ2v) is 5.24. The van der Waals surface area contributed by atoms with Gasteiger partial charge in [-0.3, -0.25) is 4.90 Å². The first-order chi connectivity index (χ1) is 9.42. The largest absolute Gasteiger partial charge is 0.401 e. The summed E-state index contributed by atoms with van der Waals surface area (Å²) in [5.41, 5.74) is 0.891. The van der Waals surface area contributed by atoms with Gasteiger partial charge in [-0.15, -0.1) is 0 Å².